The molecule has 2 heterocycles. The van der Waals surface area contributed by atoms with E-state index < -0.39 is 17.8 Å². The highest BCUT2D eigenvalue weighted by molar-refractivity contribution is 7.19. The number of alkyl halides is 3. The number of nitrogens with zero attached hydrogens (tertiary/aromatic N) is 4. The molecule has 0 bridgehead atoms. The highest BCUT2D eigenvalue weighted by Crippen LogP contribution is 2.31. The van der Waals surface area contributed by atoms with Crippen LogP contribution >= 0.6 is 11.3 Å². The van der Waals surface area contributed by atoms with E-state index in [9.17, 15) is 17.6 Å². The number of hydrogen-bond acceptors (Lipinski definition) is 4. The van der Waals surface area contributed by atoms with Crippen molar-refractivity contribution in [2.24, 2.45) is 0 Å². The number of halogens is 4. The minimum atomic E-state index is -4.63. The SMILES string of the molecule is Fc1cccc(-c2nn3c(C(F)(F)F)nnc3s2)c1. The molecule has 0 radical (unpaired) electrons. The Hall–Kier alpha value is -2.03. The molecule has 0 aliphatic rings. The molecule has 98 valence electrons. The van der Waals surface area contributed by atoms with Crippen LogP contribution in [0.4, 0.5) is 17.6 Å². The Labute approximate surface area is 107 Å². The van der Waals surface area contributed by atoms with Crippen LogP contribution in [-0.4, -0.2) is 19.8 Å². The Morgan fingerprint density at radius 2 is 1.95 bits per heavy atom. The van der Waals surface area contributed by atoms with Gasteiger partial charge in [-0.3, -0.25) is 0 Å². The van der Waals surface area contributed by atoms with Crippen LogP contribution in [0.1, 0.15) is 5.82 Å². The zero-order valence-corrected chi connectivity index (χ0v) is 9.83. The van der Waals surface area contributed by atoms with Gasteiger partial charge >= 0.3 is 6.18 Å². The predicted molar refractivity (Wildman–Crippen MR) is 59.1 cm³/mol. The molecule has 0 aliphatic carbocycles. The van der Waals surface area contributed by atoms with E-state index in [4.69, 9.17) is 0 Å². The van der Waals surface area contributed by atoms with Crippen molar-refractivity contribution in [2.75, 3.05) is 0 Å². The number of benzene rings is 1. The topological polar surface area (TPSA) is 43.1 Å². The van der Waals surface area contributed by atoms with Crippen molar-refractivity contribution >= 4 is 16.3 Å². The van der Waals surface area contributed by atoms with E-state index in [0.717, 1.165) is 11.3 Å². The summed E-state index contributed by atoms with van der Waals surface area (Å²) in [6, 6.07) is 5.45. The lowest BCUT2D eigenvalue weighted by molar-refractivity contribution is -0.146. The lowest BCUT2D eigenvalue weighted by atomic mass is 10.2. The smallest absolute Gasteiger partial charge is 0.207 e. The molecule has 2 aromatic heterocycles. The van der Waals surface area contributed by atoms with E-state index in [1.165, 1.54) is 18.2 Å². The molecule has 0 amide bonds. The van der Waals surface area contributed by atoms with Crippen molar-refractivity contribution in [1.29, 1.82) is 0 Å². The molecule has 0 spiro atoms. The van der Waals surface area contributed by atoms with Gasteiger partial charge in [-0.1, -0.05) is 23.5 Å². The second kappa shape index (κ2) is 3.98. The first kappa shape index (κ1) is 12.0. The summed E-state index contributed by atoms with van der Waals surface area (Å²) < 4.78 is 51.5. The second-order valence-electron chi connectivity index (χ2n) is 3.63. The monoisotopic (exact) mass is 288 g/mol. The van der Waals surface area contributed by atoms with Crippen molar-refractivity contribution in [2.45, 2.75) is 6.18 Å². The van der Waals surface area contributed by atoms with Gasteiger partial charge in [-0.05, 0) is 12.1 Å². The summed E-state index contributed by atoms with van der Waals surface area (Å²) in [5.41, 5.74) is 0.392. The van der Waals surface area contributed by atoms with E-state index in [0.29, 0.717) is 10.1 Å². The number of hydrogen-bond donors (Lipinski definition) is 0. The van der Waals surface area contributed by atoms with Crippen LogP contribution in [0.25, 0.3) is 15.5 Å². The third kappa shape index (κ3) is 2.05. The Bertz CT molecular complexity index is 745. The molecule has 1 aromatic carbocycles. The summed E-state index contributed by atoms with van der Waals surface area (Å²) in [7, 11) is 0. The third-order valence-corrected chi connectivity index (χ3v) is 3.26. The highest BCUT2D eigenvalue weighted by atomic mass is 32.1. The van der Waals surface area contributed by atoms with Gasteiger partial charge in [-0.15, -0.1) is 10.2 Å². The average Bonchev–Trinajstić information content (AvgIpc) is 2.85. The molecule has 0 saturated heterocycles. The number of rotatable bonds is 1. The molecule has 3 rings (SSSR count). The summed E-state index contributed by atoms with van der Waals surface area (Å²) >= 11 is 0.908. The fraction of sp³-hybridized carbons (Fsp3) is 0.100. The zero-order valence-electron chi connectivity index (χ0n) is 9.02. The first-order valence-electron chi connectivity index (χ1n) is 5.00. The maximum atomic E-state index is 13.1. The van der Waals surface area contributed by atoms with Crippen LogP contribution < -0.4 is 0 Å². The fourth-order valence-corrected chi connectivity index (χ4v) is 2.37. The lowest BCUT2D eigenvalue weighted by Gasteiger charge is -2.00. The van der Waals surface area contributed by atoms with Gasteiger partial charge in [-0.2, -0.15) is 22.8 Å². The number of aromatic nitrogens is 4. The van der Waals surface area contributed by atoms with Crippen molar-refractivity contribution in [1.82, 2.24) is 19.8 Å². The van der Waals surface area contributed by atoms with Gasteiger partial charge in [0.25, 0.3) is 5.82 Å². The summed E-state index contributed by atoms with van der Waals surface area (Å²) in [5.74, 6) is -1.68. The normalized spacial score (nSPS) is 12.2. The molecule has 4 nitrogen and oxygen atoms in total. The Morgan fingerprint density at radius 1 is 1.16 bits per heavy atom. The molecule has 0 aliphatic heterocycles. The first-order chi connectivity index (χ1) is 8.95. The highest BCUT2D eigenvalue weighted by Gasteiger charge is 2.38. The molecule has 9 heteroatoms. The zero-order chi connectivity index (χ0) is 13.6. The molecular formula is C10H4F4N4S. The van der Waals surface area contributed by atoms with Gasteiger partial charge in [0.2, 0.25) is 4.96 Å². The van der Waals surface area contributed by atoms with Crippen LogP contribution in [0.2, 0.25) is 0 Å². The van der Waals surface area contributed by atoms with Gasteiger partial charge in [0.1, 0.15) is 10.8 Å². The standard InChI is InChI=1S/C10H4F4N4S/c11-6-3-1-2-5(4-6)7-17-18-8(10(12,13)14)15-16-9(18)19-7/h1-4H. The van der Waals surface area contributed by atoms with E-state index in [-0.39, 0.29) is 9.97 Å². The van der Waals surface area contributed by atoms with E-state index in [1.54, 1.807) is 6.07 Å². The molecule has 3 aromatic rings. The van der Waals surface area contributed by atoms with Crippen molar-refractivity contribution < 1.29 is 17.6 Å². The minimum absolute atomic E-state index is 0.00610. The third-order valence-electron chi connectivity index (χ3n) is 2.32. The van der Waals surface area contributed by atoms with Crippen LogP contribution in [-0.2, 0) is 6.18 Å². The van der Waals surface area contributed by atoms with Gasteiger partial charge < -0.3 is 0 Å². The Balaban J connectivity index is 2.15. The maximum absolute atomic E-state index is 13.1. The second-order valence-corrected chi connectivity index (χ2v) is 4.59. The summed E-state index contributed by atoms with van der Waals surface area (Å²) in [6.07, 6.45) is -4.63. The van der Waals surface area contributed by atoms with E-state index >= 15 is 0 Å². The van der Waals surface area contributed by atoms with Gasteiger partial charge in [0.05, 0.1) is 0 Å². The average molecular weight is 288 g/mol. The lowest BCUT2D eigenvalue weighted by Crippen LogP contribution is -2.11. The van der Waals surface area contributed by atoms with Crippen molar-refractivity contribution in [3.8, 4) is 10.6 Å². The largest absolute Gasteiger partial charge is 0.453 e. The summed E-state index contributed by atoms with van der Waals surface area (Å²) in [5, 5.41) is 10.5. The van der Waals surface area contributed by atoms with Crippen molar-refractivity contribution in [3.63, 3.8) is 0 Å². The van der Waals surface area contributed by atoms with Crippen LogP contribution in [0.5, 0.6) is 0 Å². The van der Waals surface area contributed by atoms with Gasteiger partial charge in [0, 0.05) is 5.56 Å². The Morgan fingerprint density at radius 3 is 2.63 bits per heavy atom. The summed E-state index contributed by atoms with van der Waals surface area (Å²) in [4.78, 5) is 0.00610. The van der Waals surface area contributed by atoms with Crippen molar-refractivity contribution in [3.05, 3.63) is 35.9 Å². The molecule has 0 N–H and O–H groups in total. The molecule has 19 heavy (non-hydrogen) atoms. The minimum Gasteiger partial charge on any atom is -0.207 e. The fourth-order valence-electron chi connectivity index (χ4n) is 1.53. The molecular weight excluding hydrogens is 284 g/mol. The quantitative estimate of drug-likeness (QED) is 0.646. The van der Waals surface area contributed by atoms with Crippen LogP contribution in [0.15, 0.2) is 24.3 Å². The van der Waals surface area contributed by atoms with Gasteiger partial charge in [0.15, 0.2) is 0 Å². The van der Waals surface area contributed by atoms with Crippen LogP contribution in [0.3, 0.4) is 0 Å². The van der Waals surface area contributed by atoms with E-state index in [1.807, 2.05) is 0 Å². The predicted octanol–water partition coefficient (Wildman–Crippen LogP) is 3.01. The Kier molecular flexibility index (Phi) is 2.52. The molecule has 0 unspecified atom stereocenters. The van der Waals surface area contributed by atoms with Crippen LogP contribution in [0, 0.1) is 5.82 Å². The summed E-state index contributed by atoms with van der Waals surface area (Å²) in [6.45, 7) is 0. The number of fused-ring (bicyclic) bond motifs is 1. The maximum Gasteiger partial charge on any atom is 0.453 e. The molecule has 0 fully saturated rings. The van der Waals surface area contributed by atoms with Gasteiger partial charge in [-0.25, -0.2) is 4.39 Å². The molecule has 0 saturated carbocycles. The first-order valence-corrected chi connectivity index (χ1v) is 5.82. The van der Waals surface area contributed by atoms with E-state index in [2.05, 4.69) is 15.3 Å². The molecule has 0 atom stereocenters.